The van der Waals surface area contributed by atoms with Crippen LogP contribution in [0.2, 0.25) is 0 Å². The number of H-pyrrole nitrogens is 1. The maximum Gasteiger partial charge on any atom is 0.434 e. The molecule has 0 unspecified atom stereocenters. The molecule has 3 N–H and O–H groups in total. The number of pyridine rings is 2. The zero-order valence-corrected chi connectivity index (χ0v) is 18.3. The summed E-state index contributed by atoms with van der Waals surface area (Å²) in [6, 6.07) is 14.0. The summed E-state index contributed by atoms with van der Waals surface area (Å²) in [5, 5.41) is 19.8. The van der Waals surface area contributed by atoms with Crippen molar-refractivity contribution in [2.45, 2.75) is 6.92 Å². The molecule has 0 fully saturated rings. The Bertz CT molecular complexity index is 1540. The molecule has 0 spiro atoms. The second-order valence-electron chi connectivity index (χ2n) is 7.23. The van der Waals surface area contributed by atoms with Crippen molar-refractivity contribution in [3.63, 3.8) is 0 Å². The molecule has 0 aliphatic carbocycles. The predicted molar refractivity (Wildman–Crippen MR) is 125 cm³/mol. The molecule has 2 amide bonds. The van der Waals surface area contributed by atoms with E-state index in [0.29, 0.717) is 40.6 Å². The number of urea groups is 1. The second-order valence-corrected chi connectivity index (χ2v) is 7.23. The molecule has 0 bridgehead atoms. The molecule has 4 heterocycles. The molecule has 35 heavy (non-hydrogen) atoms. The third-order valence-electron chi connectivity index (χ3n) is 4.89. The number of amides is 2. The van der Waals surface area contributed by atoms with Crippen LogP contribution in [-0.4, -0.2) is 42.9 Å². The lowest BCUT2D eigenvalue weighted by Gasteiger charge is -2.10. The van der Waals surface area contributed by atoms with E-state index >= 15 is 0 Å². The van der Waals surface area contributed by atoms with E-state index in [-0.39, 0.29) is 11.8 Å². The van der Waals surface area contributed by atoms with Crippen molar-refractivity contribution in [2.24, 2.45) is 0 Å². The standard InChI is InChI=1S/C23H18N8O4/c1-2-24-22(32)27-18-11-15(20-29-28-19(34-20)13-6-4-3-5-7-13)16(12-26-18)14-8-9-25-17(10-14)21-30-31-23(33)35-21/h3-12H,2H2,1H3,(H,31,33)(H2,24,26,27,32). The lowest BCUT2D eigenvalue weighted by molar-refractivity contribution is 0.252. The Morgan fingerprint density at radius 3 is 2.54 bits per heavy atom. The summed E-state index contributed by atoms with van der Waals surface area (Å²) in [7, 11) is 0. The topological polar surface area (TPSA) is 165 Å². The summed E-state index contributed by atoms with van der Waals surface area (Å²) >= 11 is 0. The van der Waals surface area contributed by atoms with Gasteiger partial charge in [-0.05, 0) is 42.8 Å². The molecule has 5 aromatic rings. The Balaban J connectivity index is 1.59. The molecule has 5 rings (SSSR count). The number of carbonyl (C=O) groups excluding carboxylic acids is 1. The number of aromatic amines is 1. The van der Waals surface area contributed by atoms with Gasteiger partial charge >= 0.3 is 11.8 Å². The van der Waals surface area contributed by atoms with E-state index in [4.69, 9.17) is 8.83 Å². The molecule has 0 saturated heterocycles. The van der Waals surface area contributed by atoms with E-state index in [2.05, 4.69) is 41.0 Å². The summed E-state index contributed by atoms with van der Waals surface area (Å²) in [5.74, 6) is 0.224. The summed E-state index contributed by atoms with van der Waals surface area (Å²) < 4.78 is 11.0. The van der Waals surface area contributed by atoms with Crippen LogP contribution < -0.4 is 16.4 Å². The Morgan fingerprint density at radius 1 is 0.943 bits per heavy atom. The molecular weight excluding hydrogens is 452 g/mol. The van der Waals surface area contributed by atoms with Gasteiger partial charge in [0, 0.05) is 30.1 Å². The van der Waals surface area contributed by atoms with Crippen molar-refractivity contribution in [3.8, 4) is 45.6 Å². The molecule has 12 heteroatoms. The van der Waals surface area contributed by atoms with Crippen LogP contribution in [0.3, 0.4) is 0 Å². The zero-order chi connectivity index (χ0) is 24.2. The smallest absolute Gasteiger partial charge is 0.416 e. The van der Waals surface area contributed by atoms with Crippen LogP contribution in [0.1, 0.15) is 6.92 Å². The minimum Gasteiger partial charge on any atom is -0.416 e. The van der Waals surface area contributed by atoms with Crippen LogP contribution in [0.15, 0.2) is 74.6 Å². The predicted octanol–water partition coefficient (Wildman–Crippen LogP) is 3.35. The molecule has 174 valence electrons. The quantitative estimate of drug-likeness (QED) is 0.337. The van der Waals surface area contributed by atoms with Gasteiger partial charge in [0.15, 0.2) is 0 Å². The first kappa shape index (κ1) is 21.7. The van der Waals surface area contributed by atoms with Crippen molar-refractivity contribution < 1.29 is 13.6 Å². The molecule has 0 atom stereocenters. The maximum atomic E-state index is 12.0. The van der Waals surface area contributed by atoms with Crippen molar-refractivity contribution in [2.75, 3.05) is 11.9 Å². The monoisotopic (exact) mass is 470 g/mol. The van der Waals surface area contributed by atoms with Crippen molar-refractivity contribution in [1.29, 1.82) is 0 Å². The number of benzene rings is 1. The SMILES string of the molecule is CCNC(=O)Nc1cc(-c2nnc(-c3ccccc3)o2)c(-c2ccnc(-c3n[nH]c(=O)o3)c2)cn1. The Kier molecular flexibility index (Phi) is 5.82. The average molecular weight is 470 g/mol. The summed E-state index contributed by atoms with van der Waals surface area (Å²) in [6.45, 7) is 2.28. The highest BCUT2D eigenvalue weighted by Crippen LogP contribution is 2.34. The number of anilines is 1. The summed E-state index contributed by atoms with van der Waals surface area (Å²) in [6.07, 6.45) is 3.12. The first-order valence-corrected chi connectivity index (χ1v) is 10.6. The molecular formula is C23H18N8O4. The maximum absolute atomic E-state index is 12.0. The van der Waals surface area contributed by atoms with Gasteiger partial charge in [-0.2, -0.15) is 0 Å². The number of nitrogens with zero attached hydrogens (tertiary/aromatic N) is 5. The Morgan fingerprint density at radius 2 is 1.77 bits per heavy atom. The fourth-order valence-electron chi connectivity index (χ4n) is 3.34. The van der Waals surface area contributed by atoms with Gasteiger partial charge in [0.1, 0.15) is 11.5 Å². The fraction of sp³-hybridized carbons (Fsp3) is 0.0870. The first-order chi connectivity index (χ1) is 17.1. The van der Waals surface area contributed by atoms with E-state index in [0.717, 1.165) is 5.56 Å². The summed E-state index contributed by atoms with van der Waals surface area (Å²) in [5.41, 5.74) is 2.93. The third kappa shape index (κ3) is 4.66. The highest BCUT2D eigenvalue weighted by atomic mass is 16.4. The van der Waals surface area contributed by atoms with E-state index in [1.165, 1.54) is 0 Å². The number of carbonyl (C=O) groups is 1. The van der Waals surface area contributed by atoms with E-state index in [9.17, 15) is 9.59 Å². The number of hydrogen-bond acceptors (Lipinski definition) is 9. The van der Waals surface area contributed by atoms with Crippen molar-refractivity contribution in [3.05, 3.63) is 71.5 Å². The first-order valence-electron chi connectivity index (χ1n) is 10.6. The zero-order valence-electron chi connectivity index (χ0n) is 18.3. The number of nitrogens with one attached hydrogen (secondary N) is 3. The van der Waals surface area contributed by atoms with Gasteiger partial charge in [-0.3, -0.25) is 10.3 Å². The molecule has 0 aliphatic rings. The summed E-state index contributed by atoms with van der Waals surface area (Å²) in [4.78, 5) is 32.0. The molecule has 0 radical (unpaired) electrons. The number of hydrogen-bond donors (Lipinski definition) is 3. The minimum absolute atomic E-state index is 0.0463. The molecule has 1 aromatic carbocycles. The van der Waals surface area contributed by atoms with Gasteiger partial charge in [0.05, 0.1) is 5.56 Å². The third-order valence-corrected chi connectivity index (χ3v) is 4.89. The van der Waals surface area contributed by atoms with Crippen LogP contribution in [-0.2, 0) is 0 Å². The van der Waals surface area contributed by atoms with Gasteiger partial charge in [0.2, 0.25) is 11.8 Å². The van der Waals surface area contributed by atoms with E-state index in [1.54, 1.807) is 30.6 Å². The molecule has 0 saturated carbocycles. The van der Waals surface area contributed by atoms with Crippen LogP contribution >= 0.6 is 0 Å². The highest BCUT2D eigenvalue weighted by Gasteiger charge is 2.19. The minimum atomic E-state index is -0.686. The van der Waals surface area contributed by atoms with E-state index in [1.807, 2.05) is 37.3 Å². The molecule has 0 aliphatic heterocycles. The largest absolute Gasteiger partial charge is 0.434 e. The average Bonchev–Trinajstić information content (AvgIpc) is 3.54. The van der Waals surface area contributed by atoms with Gasteiger partial charge in [-0.25, -0.2) is 19.7 Å². The number of rotatable bonds is 6. The van der Waals surface area contributed by atoms with Gasteiger partial charge < -0.3 is 14.2 Å². The van der Waals surface area contributed by atoms with Gasteiger partial charge in [-0.15, -0.1) is 15.3 Å². The number of aromatic nitrogens is 6. The highest BCUT2D eigenvalue weighted by molar-refractivity contribution is 5.90. The van der Waals surface area contributed by atoms with Crippen LogP contribution in [0, 0.1) is 0 Å². The van der Waals surface area contributed by atoms with Crippen LogP contribution in [0.25, 0.3) is 45.6 Å². The molecule has 12 nitrogen and oxygen atoms in total. The second kappa shape index (κ2) is 9.39. The van der Waals surface area contributed by atoms with Gasteiger partial charge in [0.25, 0.3) is 5.89 Å². The molecule has 4 aromatic heterocycles. The van der Waals surface area contributed by atoms with E-state index < -0.39 is 11.8 Å². The Hall–Kier alpha value is -5.13. The van der Waals surface area contributed by atoms with Crippen LogP contribution in [0.5, 0.6) is 0 Å². The van der Waals surface area contributed by atoms with Gasteiger partial charge in [-0.1, -0.05) is 18.2 Å². The van der Waals surface area contributed by atoms with Crippen molar-refractivity contribution in [1.82, 2.24) is 35.7 Å². The lowest BCUT2D eigenvalue weighted by Crippen LogP contribution is -2.28. The normalized spacial score (nSPS) is 10.8. The van der Waals surface area contributed by atoms with Crippen LogP contribution in [0.4, 0.5) is 10.6 Å². The Labute approximate surface area is 197 Å². The van der Waals surface area contributed by atoms with Crippen molar-refractivity contribution >= 4 is 11.8 Å². The lowest BCUT2D eigenvalue weighted by atomic mass is 10.0. The fourth-order valence-corrected chi connectivity index (χ4v) is 3.34.